The summed E-state index contributed by atoms with van der Waals surface area (Å²) in [5, 5.41) is 2.28. The van der Waals surface area contributed by atoms with Crippen LogP contribution in [0.3, 0.4) is 0 Å². The third kappa shape index (κ3) is 5.64. The van der Waals surface area contributed by atoms with Crippen LogP contribution in [-0.2, 0) is 5.41 Å². The molecule has 8 aromatic carbocycles. The van der Waals surface area contributed by atoms with Gasteiger partial charge in [0.1, 0.15) is 5.52 Å². The van der Waals surface area contributed by atoms with Gasteiger partial charge in [-0.05, 0) is 100 Å². The Kier molecular flexibility index (Phi) is 7.78. The Morgan fingerprint density at radius 2 is 0.918 bits per heavy atom. The van der Waals surface area contributed by atoms with Crippen LogP contribution in [0.5, 0.6) is 0 Å². The lowest BCUT2D eigenvalue weighted by Gasteiger charge is -2.22. The molecule has 0 bridgehead atoms. The van der Waals surface area contributed by atoms with Crippen molar-refractivity contribution in [2.45, 2.75) is 19.3 Å². The molecule has 61 heavy (non-hydrogen) atoms. The van der Waals surface area contributed by atoms with Crippen LogP contribution in [0, 0.1) is 0 Å². The average Bonchev–Trinajstić information content (AvgIpc) is 3.97. The van der Waals surface area contributed by atoms with Gasteiger partial charge in [0.05, 0.1) is 11.0 Å². The molecular formula is C55H37N5O. The van der Waals surface area contributed by atoms with Gasteiger partial charge in [-0.1, -0.05) is 135 Å². The van der Waals surface area contributed by atoms with Crippen molar-refractivity contribution in [3.8, 4) is 73.6 Å². The molecule has 0 saturated heterocycles. The van der Waals surface area contributed by atoms with Crippen molar-refractivity contribution in [3.63, 3.8) is 0 Å². The standard InChI is InChI=1S/C55H37N5O/c1-55(2)45-33-38(23-26-41(45)42-27-30-48-50(49(42)55)56-54(61-48)36-19-11-5-12-20-36)37-24-28-46-43(31-37)44-32-39(25-29-47(44)60(46)40-21-13-6-14-22-40)53-58-51(34-15-7-3-8-16-34)57-52(59-53)35-17-9-4-10-18-35/h3-33H,1-2H3. The minimum Gasteiger partial charge on any atom is -0.436 e. The van der Waals surface area contributed by atoms with Crippen LogP contribution in [-0.4, -0.2) is 24.5 Å². The maximum absolute atomic E-state index is 6.34. The third-order valence-electron chi connectivity index (χ3n) is 12.3. The molecule has 0 fully saturated rings. The van der Waals surface area contributed by atoms with E-state index in [1.54, 1.807) is 0 Å². The molecule has 1 aliphatic carbocycles. The lowest BCUT2D eigenvalue weighted by molar-refractivity contribution is 0.619. The van der Waals surface area contributed by atoms with Crippen molar-refractivity contribution in [3.05, 3.63) is 199 Å². The van der Waals surface area contributed by atoms with Gasteiger partial charge >= 0.3 is 0 Å². The van der Waals surface area contributed by atoms with Crippen LogP contribution in [0.1, 0.15) is 25.0 Å². The first-order valence-electron chi connectivity index (χ1n) is 20.6. The molecule has 1 aliphatic rings. The van der Waals surface area contributed by atoms with Gasteiger partial charge in [-0.15, -0.1) is 0 Å². The molecule has 0 aliphatic heterocycles. The fourth-order valence-electron chi connectivity index (χ4n) is 9.30. The molecule has 0 amide bonds. The predicted molar refractivity (Wildman–Crippen MR) is 246 cm³/mol. The largest absolute Gasteiger partial charge is 0.436 e. The van der Waals surface area contributed by atoms with Gasteiger partial charge in [-0.25, -0.2) is 19.9 Å². The van der Waals surface area contributed by atoms with Crippen molar-refractivity contribution >= 4 is 32.9 Å². The normalized spacial score (nSPS) is 12.9. The third-order valence-corrected chi connectivity index (χ3v) is 12.3. The van der Waals surface area contributed by atoms with E-state index in [0.29, 0.717) is 23.4 Å². The highest BCUT2D eigenvalue weighted by molar-refractivity contribution is 6.11. The maximum atomic E-state index is 6.34. The summed E-state index contributed by atoms with van der Waals surface area (Å²) in [5.74, 6) is 2.55. The molecule has 0 N–H and O–H groups in total. The van der Waals surface area contributed by atoms with Crippen molar-refractivity contribution in [2.24, 2.45) is 0 Å². The number of fused-ring (bicyclic) bond motifs is 8. The summed E-state index contributed by atoms with van der Waals surface area (Å²) in [6.45, 7) is 4.62. The lowest BCUT2D eigenvalue weighted by atomic mass is 9.81. The van der Waals surface area contributed by atoms with E-state index in [-0.39, 0.29) is 5.41 Å². The van der Waals surface area contributed by atoms with E-state index >= 15 is 0 Å². The lowest BCUT2D eigenvalue weighted by Crippen LogP contribution is -2.15. The number of hydrogen-bond acceptors (Lipinski definition) is 5. The molecular weight excluding hydrogens is 747 g/mol. The first-order chi connectivity index (χ1) is 30.0. The van der Waals surface area contributed by atoms with E-state index in [0.717, 1.165) is 72.0 Å². The Morgan fingerprint density at radius 1 is 0.426 bits per heavy atom. The van der Waals surface area contributed by atoms with Crippen molar-refractivity contribution in [1.29, 1.82) is 0 Å². The number of nitrogens with zero attached hydrogens (tertiary/aromatic N) is 5. The molecule has 3 heterocycles. The van der Waals surface area contributed by atoms with Crippen molar-refractivity contribution in [1.82, 2.24) is 24.5 Å². The number of para-hydroxylation sites is 1. The second kappa shape index (κ2) is 13.5. The molecule has 0 atom stereocenters. The number of oxazole rings is 1. The SMILES string of the molecule is CC1(C)c2cc(-c3ccc4c(c3)c3cc(-c5nc(-c6ccccc6)nc(-c6ccccc6)n5)ccc3n4-c3ccccc3)ccc2-c2ccc3oc(-c4ccccc4)nc3c21. The van der Waals surface area contributed by atoms with Crippen LogP contribution in [0.15, 0.2) is 192 Å². The quantitative estimate of drug-likeness (QED) is 0.168. The molecule has 0 unspecified atom stereocenters. The fourth-order valence-corrected chi connectivity index (χ4v) is 9.30. The van der Waals surface area contributed by atoms with Gasteiger partial charge in [0.25, 0.3) is 0 Å². The second-order valence-corrected chi connectivity index (χ2v) is 16.3. The van der Waals surface area contributed by atoms with Gasteiger partial charge in [-0.2, -0.15) is 0 Å². The summed E-state index contributed by atoms with van der Waals surface area (Å²) in [6.07, 6.45) is 0. The Bertz CT molecular complexity index is 3420. The average molecular weight is 784 g/mol. The highest BCUT2D eigenvalue weighted by Crippen LogP contribution is 2.52. The Morgan fingerprint density at radius 3 is 1.54 bits per heavy atom. The first kappa shape index (κ1) is 35.0. The Balaban J connectivity index is 1.01. The summed E-state index contributed by atoms with van der Waals surface area (Å²) in [4.78, 5) is 20.2. The molecule has 11 aromatic rings. The Hall–Kier alpha value is -7.96. The second-order valence-electron chi connectivity index (χ2n) is 16.3. The van der Waals surface area contributed by atoms with Gasteiger partial charge < -0.3 is 8.98 Å². The van der Waals surface area contributed by atoms with Crippen molar-refractivity contribution in [2.75, 3.05) is 0 Å². The first-order valence-corrected chi connectivity index (χ1v) is 20.6. The molecule has 288 valence electrons. The summed E-state index contributed by atoms with van der Waals surface area (Å²) in [7, 11) is 0. The van der Waals surface area contributed by atoms with E-state index < -0.39 is 0 Å². The maximum Gasteiger partial charge on any atom is 0.227 e. The zero-order chi connectivity index (χ0) is 40.7. The minimum absolute atomic E-state index is 0.297. The topological polar surface area (TPSA) is 69.6 Å². The number of rotatable bonds is 6. The summed E-state index contributed by atoms with van der Waals surface area (Å²) >= 11 is 0. The Labute approximate surface area is 352 Å². The van der Waals surface area contributed by atoms with Gasteiger partial charge in [0, 0.05) is 44.1 Å². The highest BCUT2D eigenvalue weighted by atomic mass is 16.3. The number of hydrogen-bond donors (Lipinski definition) is 0. The molecule has 0 spiro atoms. The summed E-state index contributed by atoms with van der Waals surface area (Å²) < 4.78 is 8.69. The molecule has 6 nitrogen and oxygen atoms in total. The van der Waals surface area contributed by atoms with E-state index in [4.69, 9.17) is 24.4 Å². The highest BCUT2D eigenvalue weighted by Gasteiger charge is 2.38. The molecule has 6 heteroatoms. The van der Waals surface area contributed by atoms with Crippen LogP contribution in [0.25, 0.3) is 106 Å². The van der Waals surface area contributed by atoms with Crippen molar-refractivity contribution < 1.29 is 4.42 Å². The predicted octanol–water partition coefficient (Wildman–Crippen LogP) is 13.8. The van der Waals surface area contributed by atoms with Crippen LogP contribution < -0.4 is 0 Å². The monoisotopic (exact) mass is 783 g/mol. The zero-order valence-electron chi connectivity index (χ0n) is 33.5. The fraction of sp³-hybridized carbons (Fsp3) is 0.0545. The van der Waals surface area contributed by atoms with Gasteiger partial charge in [0.15, 0.2) is 23.1 Å². The van der Waals surface area contributed by atoms with Crippen LogP contribution in [0.4, 0.5) is 0 Å². The summed E-state index contributed by atoms with van der Waals surface area (Å²) in [6, 6.07) is 65.6. The van der Waals surface area contributed by atoms with E-state index in [1.807, 2.05) is 91.0 Å². The molecule has 3 aromatic heterocycles. The molecule has 12 rings (SSSR count). The van der Waals surface area contributed by atoms with E-state index in [2.05, 4.69) is 115 Å². The molecule has 0 saturated carbocycles. The number of benzene rings is 8. The van der Waals surface area contributed by atoms with E-state index in [1.165, 1.54) is 22.3 Å². The van der Waals surface area contributed by atoms with Crippen LogP contribution >= 0.6 is 0 Å². The minimum atomic E-state index is -0.297. The smallest absolute Gasteiger partial charge is 0.227 e. The van der Waals surface area contributed by atoms with E-state index in [9.17, 15) is 0 Å². The van der Waals surface area contributed by atoms with Gasteiger partial charge in [0.2, 0.25) is 5.89 Å². The zero-order valence-corrected chi connectivity index (χ0v) is 33.5. The van der Waals surface area contributed by atoms with Crippen LogP contribution in [0.2, 0.25) is 0 Å². The molecule has 0 radical (unpaired) electrons. The summed E-state index contributed by atoms with van der Waals surface area (Å²) in [5.41, 5.74) is 15.8. The number of aromatic nitrogens is 5. The van der Waals surface area contributed by atoms with Gasteiger partial charge in [-0.3, -0.25) is 0 Å².